The molecule has 40 heavy (non-hydrogen) atoms. The van der Waals surface area contributed by atoms with Crippen LogP contribution < -0.4 is 16.7 Å². The Balaban J connectivity index is 1.20. The van der Waals surface area contributed by atoms with Gasteiger partial charge in [-0.15, -0.1) is 0 Å². The van der Waals surface area contributed by atoms with Gasteiger partial charge >= 0.3 is 5.69 Å². The second kappa shape index (κ2) is 10.8. The minimum absolute atomic E-state index is 0.0171. The third-order valence-electron chi connectivity index (χ3n) is 7.81. The van der Waals surface area contributed by atoms with Crippen molar-refractivity contribution in [1.82, 2.24) is 19.4 Å². The SMILES string of the molecule is CNc1nc(-c2ccc(CN3CCC(n4c(=O)[nH]c5ccccc54)CC3)cc2)c(-c2ccccc2)cc1C(=N)N. The van der Waals surface area contributed by atoms with Crippen molar-refractivity contribution in [3.63, 3.8) is 0 Å². The van der Waals surface area contributed by atoms with Crippen LogP contribution in [0.15, 0.2) is 89.7 Å². The lowest BCUT2D eigenvalue weighted by Crippen LogP contribution is -2.36. The lowest BCUT2D eigenvalue weighted by atomic mass is 9.96. The number of hydrogen-bond donors (Lipinski definition) is 4. The van der Waals surface area contributed by atoms with Crippen LogP contribution in [0.4, 0.5) is 5.82 Å². The van der Waals surface area contributed by atoms with E-state index in [0.717, 1.165) is 65.9 Å². The van der Waals surface area contributed by atoms with Crippen molar-refractivity contribution in [3.8, 4) is 22.4 Å². The zero-order valence-electron chi connectivity index (χ0n) is 22.5. The predicted octanol–water partition coefficient (Wildman–Crippen LogP) is 5.22. The van der Waals surface area contributed by atoms with Gasteiger partial charge in [-0.2, -0.15) is 0 Å². The van der Waals surface area contributed by atoms with Gasteiger partial charge in [-0.1, -0.05) is 66.7 Å². The first kappa shape index (κ1) is 25.6. The number of H-pyrrole nitrogens is 1. The van der Waals surface area contributed by atoms with Crippen LogP contribution in [0, 0.1) is 5.41 Å². The van der Waals surface area contributed by atoms with Crippen LogP contribution in [0.5, 0.6) is 0 Å². The first-order chi connectivity index (χ1) is 19.5. The Morgan fingerprint density at radius 1 is 1.00 bits per heavy atom. The summed E-state index contributed by atoms with van der Waals surface area (Å²) in [5.41, 5.74) is 13.4. The van der Waals surface area contributed by atoms with Gasteiger partial charge in [0.25, 0.3) is 0 Å². The van der Waals surface area contributed by atoms with Crippen LogP contribution >= 0.6 is 0 Å². The maximum Gasteiger partial charge on any atom is 0.326 e. The molecule has 6 rings (SSSR count). The van der Waals surface area contributed by atoms with Crippen LogP contribution in [0.25, 0.3) is 33.4 Å². The second-order valence-corrected chi connectivity index (χ2v) is 10.3. The van der Waals surface area contributed by atoms with Crippen molar-refractivity contribution in [2.24, 2.45) is 5.73 Å². The normalized spacial score (nSPS) is 14.4. The highest BCUT2D eigenvalue weighted by molar-refractivity contribution is 6.02. The molecular weight excluding hydrogens is 498 g/mol. The van der Waals surface area contributed by atoms with Crippen LogP contribution in [0.2, 0.25) is 0 Å². The molecule has 0 spiro atoms. The number of para-hydroxylation sites is 2. The van der Waals surface area contributed by atoms with E-state index in [-0.39, 0.29) is 17.6 Å². The Kier molecular flexibility index (Phi) is 6.92. The molecule has 1 fully saturated rings. The topological polar surface area (TPSA) is 116 Å². The van der Waals surface area contributed by atoms with Crippen LogP contribution in [-0.4, -0.2) is 45.4 Å². The van der Waals surface area contributed by atoms with Gasteiger partial charge in [0, 0.05) is 43.9 Å². The number of likely N-dealkylation sites (tertiary alicyclic amines) is 1. The number of benzene rings is 3. The molecule has 8 heteroatoms. The number of imidazole rings is 1. The summed E-state index contributed by atoms with van der Waals surface area (Å²) in [7, 11) is 1.79. The van der Waals surface area contributed by atoms with Crippen LogP contribution in [0.1, 0.15) is 30.0 Å². The summed E-state index contributed by atoms with van der Waals surface area (Å²) in [5.74, 6) is 0.567. The van der Waals surface area contributed by atoms with Gasteiger partial charge in [-0.3, -0.25) is 14.9 Å². The highest BCUT2D eigenvalue weighted by atomic mass is 16.1. The number of pyridine rings is 1. The summed E-state index contributed by atoms with van der Waals surface area (Å²) < 4.78 is 1.94. The Hall–Kier alpha value is -4.69. The average molecular weight is 532 g/mol. The molecule has 202 valence electrons. The molecule has 1 aliphatic heterocycles. The van der Waals surface area contributed by atoms with Gasteiger partial charge in [0.2, 0.25) is 0 Å². The minimum Gasteiger partial charge on any atom is -0.384 e. The van der Waals surface area contributed by atoms with E-state index < -0.39 is 0 Å². The van der Waals surface area contributed by atoms with Gasteiger partial charge in [0.1, 0.15) is 11.7 Å². The summed E-state index contributed by atoms with van der Waals surface area (Å²) in [6.45, 7) is 2.74. The van der Waals surface area contributed by atoms with Gasteiger partial charge in [0.15, 0.2) is 0 Å². The number of nitrogens with two attached hydrogens (primary N) is 1. The minimum atomic E-state index is -0.0192. The zero-order chi connectivity index (χ0) is 27.6. The predicted molar refractivity (Wildman–Crippen MR) is 162 cm³/mol. The van der Waals surface area contributed by atoms with E-state index in [2.05, 4.69) is 39.5 Å². The molecular formula is C32H33N7O. The molecule has 0 atom stereocenters. The summed E-state index contributed by atoms with van der Waals surface area (Å²) in [6, 6.07) is 28.7. The molecule has 1 aliphatic rings. The quantitative estimate of drug-likeness (QED) is 0.170. The Morgan fingerprint density at radius 2 is 1.70 bits per heavy atom. The molecule has 0 unspecified atom stereocenters. The third kappa shape index (κ3) is 4.89. The number of anilines is 1. The average Bonchev–Trinajstić information content (AvgIpc) is 3.33. The Labute approximate surface area is 233 Å². The van der Waals surface area contributed by atoms with E-state index in [1.54, 1.807) is 7.05 Å². The summed E-state index contributed by atoms with van der Waals surface area (Å²) in [4.78, 5) is 23.0. The summed E-state index contributed by atoms with van der Waals surface area (Å²) in [5, 5.41) is 11.1. The smallest absolute Gasteiger partial charge is 0.326 e. The number of nitrogens with one attached hydrogen (secondary N) is 3. The molecule has 3 aromatic carbocycles. The standard InChI is InChI=1S/C32H33N7O/c1-35-31-26(30(33)34)19-25(22-7-3-2-4-8-22)29(37-31)23-13-11-21(12-14-23)20-38-17-15-24(16-18-38)39-28-10-6-5-9-27(28)36-32(39)40/h2-14,19,24H,15-18,20H2,1H3,(H3,33,34)(H,35,37)(H,36,40). The van der Waals surface area contributed by atoms with Crippen molar-refractivity contribution in [1.29, 1.82) is 5.41 Å². The number of aromatic amines is 1. The van der Waals surface area contributed by atoms with Crippen molar-refractivity contribution in [2.75, 3.05) is 25.5 Å². The third-order valence-corrected chi connectivity index (χ3v) is 7.81. The lowest BCUT2D eigenvalue weighted by Gasteiger charge is -2.32. The lowest BCUT2D eigenvalue weighted by molar-refractivity contribution is 0.180. The van der Waals surface area contributed by atoms with Gasteiger partial charge < -0.3 is 16.0 Å². The molecule has 5 aromatic rings. The van der Waals surface area contributed by atoms with Crippen LogP contribution in [-0.2, 0) is 6.54 Å². The monoisotopic (exact) mass is 531 g/mol. The fraction of sp³-hybridized carbons (Fsp3) is 0.219. The molecule has 0 amide bonds. The largest absolute Gasteiger partial charge is 0.384 e. The van der Waals surface area contributed by atoms with Crippen molar-refractivity contribution >= 4 is 22.7 Å². The maximum absolute atomic E-state index is 12.6. The molecule has 3 heterocycles. The van der Waals surface area contributed by atoms with E-state index in [1.165, 1.54) is 5.56 Å². The molecule has 2 aromatic heterocycles. The molecule has 1 saturated heterocycles. The van der Waals surface area contributed by atoms with Gasteiger partial charge in [-0.25, -0.2) is 9.78 Å². The molecule has 0 bridgehead atoms. The summed E-state index contributed by atoms with van der Waals surface area (Å²) >= 11 is 0. The fourth-order valence-electron chi connectivity index (χ4n) is 5.77. The number of aromatic nitrogens is 3. The molecule has 5 N–H and O–H groups in total. The van der Waals surface area contributed by atoms with E-state index in [1.807, 2.05) is 65.2 Å². The van der Waals surface area contributed by atoms with E-state index in [0.29, 0.717) is 11.4 Å². The first-order valence-electron chi connectivity index (χ1n) is 13.7. The zero-order valence-corrected chi connectivity index (χ0v) is 22.5. The van der Waals surface area contributed by atoms with E-state index in [4.69, 9.17) is 16.1 Å². The summed E-state index contributed by atoms with van der Waals surface area (Å²) in [6.07, 6.45) is 1.89. The van der Waals surface area contributed by atoms with E-state index >= 15 is 0 Å². The number of hydrogen-bond acceptors (Lipinski definition) is 5. The van der Waals surface area contributed by atoms with E-state index in [9.17, 15) is 4.79 Å². The van der Waals surface area contributed by atoms with Crippen molar-refractivity contribution in [2.45, 2.75) is 25.4 Å². The number of fused-ring (bicyclic) bond motifs is 1. The highest BCUT2D eigenvalue weighted by Crippen LogP contribution is 2.34. The van der Waals surface area contributed by atoms with Crippen molar-refractivity contribution in [3.05, 3.63) is 107 Å². The Bertz CT molecular complexity index is 1710. The molecule has 0 aliphatic carbocycles. The Morgan fingerprint density at radius 3 is 2.40 bits per heavy atom. The molecule has 0 saturated carbocycles. The number of piperidine rings is 1. The maximum atomic E-state index is 12.6. The van der Waals surface area contributed by atoms with Gasteiger partial charge in [-0.05, 0) is 42.2 Å². The number of rotatable bonds is 7. The number of nitrogen functional groups attached to an aromatic ring is 1. The highest BCUT2D eigenvalue weighted by Gasteiger charge is 2.24. The fourth-order valence-corrected chi connectivity index (χ4v) is 5.77. The second-order valence-electron chi connectivity index (χ2n) is 10.3. The molecule has 8 nitrogen and oxygen atoms in total. The number of nitrogens with zero attached hydrogens (tertiary/aromatic N) is 3. The molecule has 0 radical (unpaired) electrons. The number of amidine groups is 1. The van der Waals surface area contributed by atoms with Gasteiger partial charge in [0.05, 0.1) is 22.3 Å². The van der Waals surface area contributed by atoms with Crippen molar-refractivity contribution < 1.29 is 0 Å². The first-order valence-corrected chi connectivity index (χ1v) is 13.7. The van der Waals surface area contributed by atoms with Crippen LogP contribution in [0.3, 0.4) is 0 Å².